The first-order valence-corrected chi connectivity index (χ1v) is 3.01. The van der Waals surface area contributed by atoms with Crippen LogP contribution in [-0.2, 0) is 6.54 Å². The van der Waals surface area contributed by atoms with Crippen LogP contribution in [0.3, 0.4) is 0 Å². The number of pyridine rings is 1. The molecule has 1 heterocycles. The largest absolute Gasteiger partial charge is 0.383 e. The first-order chi connectivity index (χ1) is 5.20. The number of aromatic nitrogens is 1. The number of nitrogens with zero attached hydrogens (tertiary/aromatic N) is 2. The monoisotopic (exact) mass is 153 g/mol. The van der Waals surface area contributed by atoms with Crippen molar-refractivity contribution in [3.05, 3.63) is 34.0 Å². The smallest absolute Gasteiger partial charge is 0.232 e. The molecule has 0 spiro atoms. The van der Waals surface area contributed by atoms with Crippen molar-refractivity contribution in [1.82, 2.24) is 4.98 Å². The van der Waals surface area contributed by atoms with E-state index < -0.39 is 4.92 Å². The van der Waals surface area contributed by atoms with Crippen LogP contribution in [0.15, 0.2) is 18.3 Å². The summed E-state index contributed by atoms with van der Waals surface area (Å²) in [5.74, 6) is 0.226. The molecule has 0 saturated carbocycles. The molecule has 5 nitrogen and oxygen atoms in total. The molecule has 0 unspecified atom stereocenters. The highest BCUT2D eigenvalue weighted by Gasteiger charge is 2.04. The zero-order chi connectivity index (χ0) is 8.27. The van der Waals surface area contributed by atoms with Crippen molar-refractivity contribution in [2.75, 3.05) is 5.73 Å². The molecule has 1 aromatic rings. The predicted molar refractivity (Wildman–Crippen MR) is 39.3 cm³/mol. The zero-order valence-corrected chi connectivity index (χ0v) is 5.73. The fourth-order valence-corrected chi connectivity index (χ4v) is 0.724. The third-order valence-corrected chi connectivity index (χ3v) is 1.23. The lowest BCUT2D eigenvalue weighted by atomic mass is 10.2. The summed E-state index contributed by atoms with van der Waals surface area (Å²) in [6.45, 7) is -0.264. The van der Waals surface area contributed by atoms with E-state index in [1.54, 1.807) is 12.1 Å². The number of rotatable bonds is 2. The van der Waals surface area contributed by atoms with E-state index in [9.17, 15) is 10.1 Å². The summed E-state index contributed by atoms with van der Waals surface area (Å²) in [5.41, 5.74) is 5.81. The summed E-state index contributed by atoms with van der Waals surface area (Å²) >= 11 is 0. The Morgan fingerprint density at radius 1 is 1.73 bits per heavy atom. The minimum atomic E-state index is -0.437. The van der Waals surface area contributed by atoms with Crippen molar-refractivity contribution in [1.29, 1.82) is 0 Å². The molecule has 11 heavy (non-hydrogen) atoms. The van der Waals surface area contributed by atoms with E-state index in [2.05, 4.69) is 4.98 Å². The first-order valence-electron chi connectivity index (χ1n) is 3.01. The number of nitrogen functional groups attached to an aromatic ring is 1. The summed E-state index contributed by atoms with van der Waals surface area (Å²) in [5, 5.41) is 10.0. The van der Waals surface area contributed by atoms with Gasteiger partial charge in [-0.15, -0.1) is 0 Å². The van der Waals surface area contributed by atoms with Gasteiger partial charge < -0.3 is 5.73 Å². The third-order valence-electron chi connectivity index (χ3n) is 1.23. The SMILES string of the molecule is Nc1ncccc1C[N+](=O)[O-]. The van der Waals surface area contributed by atoms with E-state index in [1.807, 2.05) is 0 Å². The van der Waals surface area contributed by atoms with Crippen molar-refractivity contribution >= 4 is 5.82 Å². The maximum absolute atomic E-state index is 10.0. The number of nitro groups is 1. The lowest BCUT2D eigenvalue weighted by molar-refractivity contribution is -0.496. The minimum Gasteiger partial charge on any atom is -0.383 e. The van der Waals surface area contributed by atoms with E-state index in [0.29, 0.717) is 5.56 Å². The second kappa shape index (κ2) is 2.96. The van der Waals surface area contributed by atoms with E-state index in [0.717, 1.165) is 0 Å². The molecule has 0 amide bonds. The fourth-order valence-electron chi connectivity index (χ4n) is 0.724. The molecule has 0 saturated heterocycles. The number of hydrogen-bond donors (Lipinski definition) is 1. The summed E-state index contributed by atoms with van der Waals surface area (Å²) in [6.07, 6.45) is 1.50. The molecule has 0 atom stereocenters. The lowest BCUT2D eigenvalue weighted by Gasteiger charge is -1.96. The van der Waals surface area contributed by atoms with Gasteiger partial charge in [-0.1, -0.05) is 0 Å². The standard InChI is InChI=1S/C6H7N3O2/c7-6-5(4-9(10)11)2-1-3-8-6/h1-3H,4H2,(H2,7,8). The van der Waals surface area contributed by atoms with Gasteiger partial charge in [0.1, 0.15) is 5.82 Å². The molecule has 1 aromatic heterocycles. The Kier molecular flexibility index (Phi) is 2.00. The van der Waals surface area contributed by atoms with Crippen molar-refractivity contribution < 1.29 is 4.92 Å². The number of nitrogens with two attached hydrogens (primary N) is 1. The lowest BCUT2D eigenvalue weighted by Crippen LogP contribution is -2.03. The van der Waals surface area contributed by atoms with Gasteiger partial charge in [0.25, 0.3) is 0 Å². The highest BCUT2D eigenvalue weighted by molar-refractivity contribution is 5.37. The molecular weight excluding hydrogens is 146 g/mol. The maximum Gasteiger partial charge on any atom is 0.232 e. The number of anilines is 1. The quantitative estimate of drug-likeness (QED) is 0.493. The average Bonchev–Trinajstić information content (AvgIpc) is 1.93. The Balaban J connectivity index is 2.86. The maximum atomic E-state index is 10.0. The van der Waals surface area contributed by atoms with Gasteiger partial charge >= 0.3 is 0 Å². The normalized spacial score (nSPS) is 9.45. The van der Waals surface area contributed by atoms with E-state index >= 15 is 0 Å². The molecule has 58 valence electrons. The Morgan fingerprint density at radius 3 is 3.00 bits per heavy atom. The van der Waals surface area contributed by atoms with Crippen molar-refractivity contribution in [2.24, 2.45) is 0 Å². The molecular formula is C6H7N3O2. The molecule has 0 bridgehead atoms. The van der Waals surface area contributed by atoms with Crippen LogP contribution in [0, 0.1) is 10.1 Å². The molecule has 0 aliphatic heterocycles. The number of hydrogen-bond acceptors (Lipinski definition) is 4. The topological polar surface area (TPSA) is 82.0 Å². The third kappa shape index (κ3) is 1.89. The average molecular weight is 153 g/mol. The molecule has 1 rings (SSSR count). The van der Waals surface area contributed by atoms with Crippen molar-refractivity contribution in [3.63, 3.8) is 0 Å². The minimum absolute atomic E-state index is 0.226. The van der Waals surface area contributed by atoms with Gasteiger partial charge in [-0.2, -0.15) is 0 Å². The van der Waals surface area contributed by atoms with Crippen LogP contribution in [0.25, 0.3) is 0 Å². The second-order valence-corrected chi connectivity index (χ2v) is 2.04. The Bertz CT molecular complexity index is 274. The summed E-state index contributed by atoms with van der Waals surface area (Å²) < 4.78 is 0. The second-order valence-electron chi connectivity index (χ2n) is 2.04. The Labute approximate surface area is 63.0 Å². The van der Waals surface area contributed by atoms with Crippen molar-refractivity contribution in [3.8, 4) is 0 Å². The van der Waals surface area contributed by atoms with Gasteiger partial charge in [0.2, 0.25) is 6.54 Å². The molecule has 0 aliphatic rings. The van der Waals surface area contributed by atoms with Crippen LogP contribution in [0.2, 0.25) is 0 Å². The highest BCUT2D eigenvalue weighted by Crippen LogP contribution is 2.06. The molecule has 5 heteroatoms. The van der Waals surface area contributed by atoms with Crippen LogP contribution < -0.4 is 5.73 Å². The molecule has 2 N–H and O–H groups in total. The summed E-state index contributed by atoms with van der Waals surface area (Å²) in [6, 6.07) is 3.21. The van der Waals surface area contributed by atoms with Gasteiger partial charge in [-0.3, -0.25) is 10.1 Å². The van der Waals surface area contributed by atoms with Crippen LogP contribution in [0.1, 0.15) is 5.56 Å². The van der Waals surface area contributed by atoms with Crippen LogP contribution >= 0.6 is 0 Å². The fraction of sp³-hybridized carbons (Fsp3) is 0.167. The summed E-state index contributed by atoms with van der Waals surface area (Å²) in [7, 11) is 0. The van der Waals surface area contributed by atoms with Crippen LogP contribution in [-0.4, -0.2) is 9.91 Å². The van der Waals surface area contributed by atoms with Gasteiger partial charge in [0, 0.05) is 11.1 Å². The predicted octanol–water partition coefficient (Wildman–Crippen LogP) is 0.441. The van der Waals surface area contributed by atoms with Crippen molar-refractivity contribution in [2.45, 2.75) is 6.54 Å². The zero-order valence-electron chi connectivity index (χ0n) is 5.73. The van der Waals surface area contributed by atoms with Crippen LogP contribution in [0.4, 0.5) is 5.82 Å². The first kappa shape index (κ1) is 7.46. The Hall–Kier alpha value is -1.65. The molecule has 0 fully saturated rings. The highest BCUT2D eigenvalue weighted by atomic mass is 16.6. The van der Waals surface area contributed by atoms with Crippen LogP contribution in [0.5, 0.6) is 0 Å². The van der Waals surface area contributed by atoms with E-state index in [1.165, 1.54) is 6.20 Å². The Morgan fingerprint density at radius 2 is 2.45 bits per heavy atom. The molecule has 0 aliphatic carbocycles. The molecule has 0 radical (unpaired) electrons. The van der Waals surface area contributed by atoms with Gasteiger partial charge in [-0.25, -0.2) is 4.98 Å². The van der Waals surface area contributed by atoms with E-state index in [-0.39, 0.29) is 12.4 Å². The van der Waals surface area contributed by atoms with E-state index in [4.69, 9.17) is 5.73 Å². The summed E-state index contributed by atoms with van der Waals surface area (Å²) in [4.78, 5) is 13.3. The van der Waals surface area contributed by atoms with Gasteiger partial charge in [0.15, 0.2) is 0 Å². The van der Waals surface area contributed by atoms with Gasteiger partial charge in [-0.05, 0) is 12.1 Å². The van der Waals surface area contributed by atoms with Gasteiger partial charge in [0.05, 0.1) is 5.56 Å². The molecule has 0 aromatic carbocycles.